The van der Waals surface area contributed by atoms with Crippen LogP contribution in [0.1, 0.15) is 44.1 Å². The van der Waals surface area contributed by atoms with Crippen LogP contribution in [0.5, 0.6) is 5.75 Å². The molecule has 2 N–H and O–H groups in total. The number of rotatable bonds is 3. The maximum Gasteiger partial charge on any atom is 0.120 e. The molecule has 1 saturated heterocycles. The van der Waals surface area contributed by atoms with Gasteiger partial charge >= 0.3 is 0 Å². The van der Waals surface area contributed by atoms with Crippen LogP contribution in [0.3, 0.4) is 0 Å². The Hall–Kier alpha value is -1.06. The van der Waals surface area contributed by atoms with E-state index in [2.05, 4.69) is 5.32 Å². The minimum Gasteiger partial charge on any atom is -0.508 e. The van der Waals surface area contributed by atoms with Crippen LogP contribution in [0.4, 0.5) is 0 Å². The first-order chi connectivity index (χ1) is 9.27. The molecule has 1 heterocycles. The molecule has 1 aliphatic carbocycles. The number of para-hydroxylation sites is 1. The molecule has 1 spiro atoms. The van der Waals surface area contributed by atoms with E-state index in [1.165, 1.54) is 25.7 Å². The Morgan fingerprint density at radius 1 is 1.26 bits per heavy atom. The molecule has 0 radical (unpaired) electrons. The normalized spacial score (nSPS) is 25.8. The van der Waals surface area contributed by atoms with Crippen LogP contribution in [0, 0.1) is 0 Å². The molecule has 1 aromatic rings. The number of nitrogens with one attached hydrogen (secondary N) is 1. The highest BCUT2D eigenvalue weighted by Gasteiger charge is 2.39. The third-order valence-electron chi connectivity index (χ3n) is 4.58. The van der Waals surface area contributed by atoms with Crippen LogP contribution in [-0.2, 0) is 11.3 Å². The van der Waals surface area contributed by atoms with Gasteiger partial charge in [-0.2, -0.15) is 0 Å². The van der Waals surface area contributed by atoms with Gasteiger partial charge in [-0.15, -0.1) is 0 Å². The smallest absolute Gasteiger partial charge is 0.120 e. The van der Waals surface area contributed by atoms with Crippen LogP contribution in [0.2, 0.25) is 0 Å². The van der Waals surface area contributed by atoms with Crippen molar-refractivity contribution in [1.82, 2.24) is 5.32 Å². The minimum atomic E-state index is 0.161. The lowest BCUT2D eigenvalue weighted by molar-refractivity contribution is -0.0837. The lowest BCUT2D eigenvalue weighted by atomic mass is 9.89. The molecular weight excluding hydrogens is 238 g/mol. The van der Waals surface area contributed by atoms with E-state index in [4.69, 9.17) is 4.74 Å². The van der Waals surface area contributed by atoms with Crippen LogP contribution < -0.4 is 5.32 Å². The van der Waals surface area contributed by atoms with E-state index in [-0.39, 0.29) is 5.60 Å². The van der Waals surface area contributed by atoms with Crippen molar-refractivity contribution in [2.75, 3.05) is 6.61 Å². The van der Waals surface area contributed by atoms with Crippen LogP contribution in [0.25, 0.3) is 0 Å². The molecule has 1 aromatic carbocycles. The van der Waals surface area contributed by atoms with Gasteiger partial charge in [0.15, 0.2) is 0 Å². The zero-order chi connectivity index (χ0) is 13.1. The SMILES string of the molecule is Oc1ccccc1CNC1CCOC2(CCCC2)C1. The van der Waals surface area contributed by atoms with Crippen molar-refractivity contribution >= 4 is 0 Å². The van der Waals surface area contributed by atoms with Gasteiger partial charge in [-0.1, -0.05) is 31.0 Å². The quantitative estimate of drug-likeness (QED) is 0.879. The van der Waals surface area contributed by atoms with E-state index >= 15 is 0 Å². The molecule has 1 atom stereocenters. The largest absolute Gasteiger partial charge is 0.508 e. The van der Waals surface area contributed by atoms with E-state index < -0.39 is 0 Å². The average Bonchev–Trinajstić information content (AvgIpc) is 2.86. The fraction of sp³-hybridized carbons (Fsp3) is 0.625. The van der Waals surface area contributed by atoms with E-state index in [1.807, 2.05) is 18.2 Å². The lowest BCUT2D eigenvalue weighted by Crippen LogP contribution is -2.45. The molecule has 3 nitrogen and oxygen atoms in total. The van der Waals surface area contributed by atoms with Crippen molar-refractivity contribution in [3.8, 4) is 5.75 Å². The molecular formula is C16H23NO2. The van der Waals surface area contributed by atoms with Gasteiger partial charge in [0, 0.05) is 24.8 Å². The highest BCUT2D eigenvalue weighted by atomic mass is 16.5. The Bertz CT molecular complexity index is 427. The summed E-state index contributed by atoms with van der Waals surface area (Å²) in [6.07, 6.45) is 7.28. The van der Waals surface area contributed by atoms with Crippen molar-refractivity contribution in [3.63, 3.8) is 0 Å². The first-order valence-electron chi connectivity index (χ1n) is 7.42. The standard InChI is InChI=1S/C16H23NO2/c18-15-6-2-1-5-13(15)12-17-14-7-10-19-16(11-14)8-3-4-9-16/h1-2,5-6,14,17-18H,3-4,7-12H2. The minimum absolute atomic E-state index is 0.161. The van der Waals surface area contributed by atoms with Crippen molar-refractivity contribution in [2.24, 2.45) is 0 Å². The number of hydrogen-bond donors (Lipinski definition) is 2. The van der Waals surface area contributed by atoms with Gasteiger partial charge in [-0.25, -0.2) is 0 Å². The molecule has 3 heteroatoms. The first kappa shape index (κ1) is 12.9. The number of ether oxygens (including phenoxy) is 1. The third kappa shape index (κ3) is 2.93. The van der Waals surface area contributed by atoms with Gasteiger partial charge in [0.25, 0.3) is 0 Å². The predicted octanol–water partition coefficient (Wildman–Crippen LogP) is 2.97. The number of aromatic hydroxyl groups is 1. The van der Waals surface area contributed by atoms with Crippen LogP contribution >= 0.6 is 0 Å². The van der Waals surface area contributed by atoms with Crippen molar-refractivity contribution in [2.45, 2.75) is 56.7 Å². The van der Waals surface area contributed by atoms with Crippen LogP contribution in [0.15, 0.2) is 24.3 Å². The summed E-state index contributed by atoms with van der Waals surface area (Å²) < 4.78 is 6.04. The van der Waals surface area contributed by atoms with Gasteiger partial charge < -0.3 is 15.2 Å². The number of benzene rings is 1. The number of phenolic OH excluding ortho intramolecular Hbond substituents is 1. The summed E-state index contributed by atoms with van der Waals surface area (Å²) in [5.74, 6) is 0.387. The van der Waals surface area contributed by atoms with Gasteiger partial charge in [-0.05, 0) is 31.7 Å². The molecule has 104 valence electrons. The molecule has 1 aliphatic heterocycles. The Balaban J connectivity index is 1.57. The summed E-state index contributed by atoms with van der Waals surface area (Å²) in [5, 5.41) is 13.4. The van der Waals surface area contributed by atoms with Gasteiger partial charge in [0.05, 0.1) is 5.60 Å². The summed E-state index contributed by atoms with van der Waals surface area (Å²) >= 11 is 0. The fourth-order valence-corrected chi connectivity index (χ4v) is 3.48. The maximum atomic E-state index is 9.78. The highest BCUT2D eigenvalue weighted by molar-refractivity contribution is 5.31. The summed E-state index contributed by atoms with van der Waals surface area (Å²) in [6, 6.07) is 8.08. The molecule has 1 unspecified atom stereocenters. The van der Waals surface area contributed by atoms with E-state index in [9.17, 15) is 5.11 Å². The Morgan fingerprint density at radius 2 is 2.05 bits per heavy atom. The second-order valence-electron chi connectivity index (χ2n) is 5.94. The second-order valence-corrected chi connectivity index (χ2v) is 5.94. The first-order valence-corrected chi connectivity index (χ1v) is 7.42. The van der Waals surface area contributed by atoms with Crippen molar-refractivity contribution < 1.29 is 9.84 Å². The molecule has 19 heavy (non-hydrogen) atoms. The summed E-state index contributed by atoms with van der Waals surface area (Å²) in [5.41, 5.74) is 1.14. The summed E-state index contributed by atoms with van der Waals surface area (Å²) in [4.78, 5) is 0. The number of phenols is 1. The molecule has 0 aromatic heterocycles. The maximum absolute atomic E-state index is 9.78. The second kappa shape index (κ2) is 5.51. The molecule has 1 saturated carbocycles. The Kier molecular flexibility index (Phi) is 3.76. The number of hydrogen-bond acceptors (Lipinski definition) is 3. The van der Waals surface area contributed by atoms with Crippen molar-refractivity contribution in [1.29, 1.82) is 0 Å². The van der Waals surface area contributed by atoms with Gasteiger partial charge in [0.2, 0.25) is 0 Å². The van der Waals surface area contributed by atoms with Gasteiger partial charge in [0.1, 0.15) is 5.75 Å². The highest BCUT2D eigenvalue weighted by Crippen LogP contribution is 2.40. The molecule has 3 rings (SSSR count). The summed E-state index contributed by atoms with van der Waals surface area (Å²) in [7, 11) is 0. The van der Waals surface area contributed by atoms with E-state index in [0.717, 1.165) is 31.6 Å². The topological polar surface area (TPSA) is 41.5 Å². The monoisotopic (exact) mass is 261 g/mol. The molecule has 2 aliphatic rings. The van der Waals surface area contributed by atoms with Gasteiger partial charge in [-0.3, -0.25) is 0 Å². The molecule has 0 bridgehead atoms. The van der Waals surface area contributed by atoms with E-state index in [1.54, 1.807) is 6.07 Å². The fourth-order valence-electron chi connectivity index (χ4n) is 3.48. The lowest BCUT2D eigenvalue weighted by Gasteiger charge is -2.38. The Labute approximate surface area is 115 Å². The zero-order valence-corrected chi connectivity index (χ0v) is 11.4. The van der Waals surface area contributed by atoms with Crippen LogP contribution in [-0.4, -0.2) is 23.4 Å². The predicted molar refractivity (Wildman–Crippen MR) is 75.1 cm³/mol. The third-order valence-corrected chi connectivity index (χ3v) is 4.58. The molecule has 0 amide bonds. The Morgan fingerprint density at radius 3 is 2.84 bits per heavy atom. The van der Waals surface area contributed by atoms with Crippen molar-refractivity contribution in [3.05, 3.63) is 29.8 Å². The van der Waals surface area contributed by atoms with E-state index in [0.29, 0.717) is 11.8 Å². The zero-order valence-electron chi connectivity index (χ0n) is 11.4. The molecule has 2 fully saturated rings. The summed E-state index contributed by atoms with van der Waals surface area (Å²) in [6.45, 7) is 1.62. The average molecular weight is 261 g/mol.